The van der Waals surface area contributed by atoms with E-state index in [0.717, 1.165) is 100 Å². The minimum absolute atomic E-state index is 0.601. The van der Waals surface area contributed by atoms with Gasteiger partial charge in [0.1, 0.15) is 0 Å². The van der Waals surface area contributed by atoms with E-state index < -0.39 is 0 Å². The highest BCUT2D eigenvalue weighted by Crippen LogP contribution is 2.55. The zero-order chi connectivity index (χ0) is 88.5. The van der Waals surface area contributed by atoms with E-state index in [1.807, 2.05) is 48.5 Å². The molecular weight excluding hydrogens is 1640 g/mol. The van der Waals surface area contributed by atoms with Crippen molar-refractivity contribution in [2.75, 3.05) is 0 Å². The number of hydrogen-bond donors (Lipinski definition) is 0. The number of fused-ring (bicyclic) bond motifs is 12. The predicted octanol–water partition coefficient (Wildman–Crippen LogP) is 32.0. The maximum Gasteiger partial charge on any atom is 0.238 e. The number of para-hydroxylation sites is 1. The van der Waals surface area contributed by atoms with Crippen LogP contribution in [0.3, 0.4) is 0 Å². The third-order valence-corrected chi connectivity index (χ3v) is 27.9. The Morgan fingerprint density at radius 1 is 0.148 bits per heavy atom. The van der Waals surface area contributed by atoms with Crippen LogP contribution >= 0.6 is 0 Å². The molecule has 10 heteroatoms. The summed E-state index contributed by atoms with van der Waals surface area (Å²) in [6.45, 7) is 0. The molecule has 0 unspecified atom stereocenters. The summed E-state index contributed by atoms with van der Waals surface area (Å²) in [5, 5.41) is 19.7. The van der Waals surface area contributed by atoms with Crippen molar-refractivity contribution in [1.82, 2.24) is 48.6 Å². The zero-order valence-electron chi connectivity index (χ0n) is 72.7. The quantitative estimate of drug-likeness (QED) is 0.142. The van der Waals surface area contributed by atoms with E-state index in [1.165, 1.54) is 159 Å². The second kappa shape index (κ2) is 30.2. The van der Waals surface area contributed by atoms with Crippen LogP contribution in [-0.4, -0.2) is 48.6 Å². The minimum Gasteiger partial charge on any atom is -0.309 e. The summed E-state index contributed by atoms with van der Waals surface area (Å²) in [5.41, 5.74) is 34.1. The number of benzene rings is 21. The fraction of sp³-hybridized carbons (Fsp3) is 0. The number of hydrogen-bond acceptors (Lipinski definition) is 7. The molecular formula is C125H74N10. The summed E-state index contributed by atoms with van der Waals surface area (Å²) < 4.78 is 6.93. The summed E-state index contributed by atoms with van der Waals surface area (Å²) >= 11 is 0. The highest BCUT2D eigenvalue weighted by molar-refractivity contribution is 6.34. The van der Waals surface area contributed by atoms with E-state index >= 15 is 0 Å². The first kappa shape index (κ1) is 75.7. The van der Waals surface area contributed by atoms with Crippen molar-refractivity contribution >= 4 is 130 Å². The highest BCUT2D eigenvalue weighted by Gasteiger charge is 2.31. The fourth-order valence-corrected chi connectivity index (χ4v) is 22.0. The molecule has 6 heterocycles. The molecule has 0 atom stereocenters. The van der Waals surface area contributed by atoms with Crippen molar-refractivity contribution in [3.63, 3.8) is 0 Å². The number of nitrogens with zero attached hydrogens (tertiary/aromatic N) is 10. The van der Waals surface area contributed by atoms with Crippen molar-refractivity contribution in [3.8, 4) is 152 Å². The lowest BCUT2D eigenvalue weighted by Gasteiger charge is -2.15. The Morgan fingerprint density at radius 3 is 0.970 bits per heavy atom. The van der Waals surface area contributed by atoms with Crippen LogP contribution in [0.1, 0.15) is 0 Å². The summed E-state index contributed by atoms with van der Waals surface area (Å²) in [7, 11) is 0. The molecule has 135 heavy (non-hydrogen) atoms. The maximum absolute atomic E-state index is 5.37. The minimum atomic E-state index is 0.601. The molecule has 0 saturated carbocycles. The van der Waals surface area contributed by atoms with E-state index in [2.05, 4.69) is 414 Å². The van der Waals surface area contributed by atoms with Crippen LogP contribution in [0.15, 0.2) is 449 Å². The first-order valence-corrected chi connectivity index (χ1v) is 45.9. The lowest BCUT2D eigenvalue weighted by Crippen LogP contribution is -2.06. The molecule has 0 bridgehead atoms. The molecule has 0 spiro atoms. The van der Waals surface area contributed by atoms with Crippen molar-refractivity contribution < 1.29 is 0 Å². The van der Waals surface area contributed by atoms with Gasteiger partial charge in [0.05, 0.1) is 55.5 Å². The maximum atomic E-state index is 5.37. The van der Waals surface area contributed by atoms with Gasteiger partial charge in [-0.2, -0.15) is 9.97 Å². The topological polar surface area (TPSA) is 105 Å². The standard InChI is InChI=1S/C43H26N4.C42H25N3.C40H23N3/c1-3-11-27(12-4-1)28-21-23-31(24-22-28)42-44-41(30-13-5-2-6-14-30)45-43(46-42)47-36-20-10-19-35-33-17-8-7-16-32(33)34-18-9-15-29-25-26-37(47)40(38(29)34)39(35)36;1-3-11-27(12-4-1)41-34-25-29(22-23-35(34)43-42(44-41)28-13-5-2-6-14-28)45-36-20-10-19-33-31-17-8-7-16-30(31)32-18-9-15-26-21-24-37(45)40(38(26)32)39(33)36;1-2-10-26-23-27(20-19-24(26)9-1)39-32-14-5-6-17-33(32)41-40(42-39)43-34-18-8-16-31-29-13-4-3-12-28(29)30-15-7-11-25-21-22-35(43)38(36(25)30)37(31)34/h1-26H;1-25H;1-23H. The summed E-state index contributed by atoms with van der Waals surface area (Å²) in [5.74, 6) is 3.30. The Kier molecular flexibility index (Phi) is 16.9. The van der Waals surface area contributed by atoms with Gasteiger partial charge in [-0.3, -0.25) is 9.13 Å². The van der Waals surface area contributed by atoms with Crippen molar-refractivity contribution in [2.24, 2.45) is 0 Å². The third kappa shape index (κ3) is 11.8. The van der Waals surface area contributed by atoms with Crippen molar-refractivity contribution in [3.05, 3.63) is 449 Å². The van der Waals surface area contributed by atoms with Gasteiger partial charge in [0.15, 0.2) is 17.5 Å². The molecule has 27 aromatic rings. The smallest absolute Gasteiger partial charge is 0.238 e. The van der Waals surface area contributed by atoms with Crippen LogP contribution < -0.4 is 0 Å². The van der Waals surface area contributed by atoms with Crippen LogP contribution in [0.5, 0.6) is 0 Å². The summed E-state index contributed by atoms with van der Waals surface area (Å²) in [6, 6.07) is 160. The normalized spacial score (nSPS) is 12.0. The Labute approximate surface area is 774 Å². The molecule has 0 amide bonds. The Balaban J connectivity index is 0.000000101. The van der Waals surface area contributed by atoms with Crippen LogP contribution in [0.25, 0.3) is 282 Å². The predicted molar refractivity (Wildman–Crippen MR) is 558 cm³/mol. The summed E-state index contributed by atoms with van der Waals surface area (Å²) in [6.07, 6.45) is 0. The average Bonchev–Trinajstić information content (AvgIpc) is 1.55. The summed E-state index contributed by atoms with van der Waals surface area (Å²) in [4.78, 5) is 36.2. The first-order chi connectivity index (χ1) is 67.0. The van der Waals surface area contributed by atoms with Crippen LogP contribution in [0.4, 0.5) is 0 Å². The Morgan fingerprint density at radius 2 is 0.474 bits per heavy atom. The fourth-order valence-electron chi connectivity index (χ4n) is 22.0. The van der Waals surface area contributed by atoms with Crippen LogP contribution in [0.2, 0.25) is 0 Å². The first-order valence-electron chi connectivity index (χ1n) is 45.9. The molecule has 0 N–H and O–H groups in total. The average molecular weight is 1720 g/mol. The third-order valence-electron chi connectivity index (χ3n) is 27.9. The molecule has 30 rings (SSSR count). The molecule has 3 aliphatic carbocycles. The van der Waals surface area contributed by atoms with Crippen molar-refractivity contribution in [1.29, 1.82) is 0 Å². The Hall–Kier alpha value is -18.3. The number of aromatic nitrogens is 10. The molecule has 0 radical (unpaired) electrons. The van der Waals surface area contributed by atoms with Gasteiger partial charge >= 0.3 is 0 Å². The number of rotatable bonds is 9. The SMILES string of the molecule is c1ccc(-c2ccc(-c3nc(-c4ccccc4)nc(-n4c5cccc6c5c5c7c(cccc7ccc54)-c4ccccc4-6)n3)cc2)cc1.c1ccc(-c2nc(-c3ccccc3)c3cc(-n4c5cccc6c5c5c7c(cccc7ccc54)-c4ccccc4-6)ccc3n2)cc1.c1ccc2c(c1)-c1cccc3ccc4c(c13)c1c-2cccc1n4-c1nc(-c2ccc3ccccc3c2)c2ccccc2n1. The van der Waals surface area contributed by atoms with E-state index in [0.29, 0.717) is 23.5 Å². The lowest BCUT2D eigenvalue weighted by molar-refractivity contribution is 0.953. The van der Waals surface area contributed by atoms with Gasteiger partial charge in [-0.25, -0.2) is 24.9 Å². The second-order valence-corrected chi connectivity index (χ2v) is 35.2. The van der Waals surface area contributed by atoms with Gasteiger partial charge in [0.2, 0.25) is 11.9 Å². The lowest BCUT2D eigenvalue weighted by atomic mass is 9.93. The van der Waals surface area contributed by atoms with E-state index in [1.54, 1.807) is 0 Å². The van der Waals surface area contributed by atoms with Crippen molar-refractivity contribution in [2.45, 2.75) is 0 Å². The van der Waals surface area contributed by atoms with Gasteiger partial charge in [-0.05, 0) is 188 Å². The van der Waals surface area contributed by atoms with Gasteiger partial charge in [0, 0.05) is 76.6 Å². The molecule has 6 aromatic heterocycles. The van der Waals surface area contributed by atoms with Crippen LogP contribution in [-0.2, 0) is 0 Å². The molecule has 10 nitrogen and oxygen atoms in total. The molecule has 0 fully saturated rings. The molecule has 0 aliphatic heterocycles. The molecule has 21 aromatic carbocycles. The highest BCUT2D eigenvalue weighted by atomic mass is 15.2. The van der Waals surface area contributed by atoms with Gasteiger partial charge in [-0.1, -0.05) is 382 Å². The zero-order valence-corrected chi connectivity index (χ0v) is 72.7. The van der Waals surface area contributed by atoms with Crippen LogP contribution in [0, 0.1) is 0 Å². The van der Waals surface area contributed by atoms with E-state index in [-0.39, 0.29) is 0 Å². The largest absolute Gasteiger partial charge is 0.309 e. The monoisotopic (exact) mass is 1710 g/mol. The Bertz CT molecular complexity index is 9680. The molecule has 624 valence electrons. The molecule has 0 saturated heterocycles. The van der Waals surface area contributed by atoms with Gasteiger partial charge < -0.3 is 4.57 Å². The van der Waals surface area contributed by atoms with Gasteiger partial charge in [-0.15, -0.1) is 0 Å². The van der Waals surface area contributed by atoms with E-state index in [4.69, 9.17) is 34.9 Å². The van der Waals surface area contributed by atoms with Gasteiger partial charge in [0.25, 0.3) is 0 Å². The van der Waals surface area contributed by atoms with E-state index in [9.17, 15) is 0 Å². The second-order valence-electron chi connectivity index (χ2n) is 35.2. The molecule has 3 aliphatic rings.